The third-order valence-corrected chi connectivity index (χ3v) is 3.78. The summed E-state index contributed by atoms with van der Waals surface area (Å²) in [6.45, 7) is 6.21. The molecular formula is C15H24N2O. The van der Waals surface area contributed by atoms with Gasteiger partial charge >= 0.3 is 0 Å². The van der Waals surface area contributed by atoms with Gasteiger partial charge in [0.25, 0.3) is 0 Å². The lowest BCUT2D eigenvalue weighted by atomic mass is 10.00. The molecule has 0 spiro atoms. The third-order valence-electron chi connectivity index (χ3n) is 3.78. The van der Waals surface area contributed by atoms with Crippen molar-refractivity contribution >= 4 is 11.4 Å². The van der Waals surface area contributed by atoms with Crippen LogP contribution in [0.1, 0.15) is 18.9 Å². The van der Waals surface area contributed by atoms with Crippen LogP contribution in [0.15, 0.2) is 18.2 Å². The number of anilines is 2. The number of nitrogens with zero attached hydrogens (tertiary/aromatic N) is 1. The normalized spacial score (nSPS) is 20.8. The van der Waals surface area contributed by atoms with Crippen molar-refractivity contribution in [2.24, 2.45) is 5.92 Å². The molecule has 0 radical (unpaired) electrons. The molecule has 3 heteroatoms. The van der Waals surface area contributed by atoms with Gasteiger partial charge in [-0.1, -0.05) is 0 Å². The number of ether oxygens (including phenoxy) is 1. The van der Waals surface area contributed by atoms with Gasteiger partial charge in [0.15, 0.2) is 0 Å². The van der Waals surface area contributed by atoms with Gasteiger partial charge in [0.05, 0.1) is 6.61 Å². The molecule has 0 aromatic heterocycles. The third kappa shape index (κ3) is 2.96. The van der Waals surface area contributed by atoms with Crippen molar-refractivity contribution in [3.8, 4) is 0 Å². The van der Waals surface area contributed by atoms with Crippen molar-refractivity contribution in [2.75, 3.05) is 37.5 Å². The minimum absolute atomic E-state index is 0.469. The van der Waals surface area contributed by atoms with Crippen LogP contribution in [0.3, 0.4) is 0 Å². The van der Waals surface area contributed by atoms with E-state index in [1.807, 2.05) is 0 Å². The zero-order valence-electron chi connectivity index (χ0n) is 11.9. The average molecular weight is 248 g/mol. The van der Waals surface area contributed by atoms with E-state index >= 15 is 0 Å². The first kappa shape index (κ1) is 13.2. The molecule has 1 aliphatic rings. The van der Waals surface area contributed by atoms with Gasteiger partial charge in [-0.15, -0.1) is 0 Å². The van der Waals surface area contributed by atoms with E-state index in [1.165, 1.54) is 23.4 Å². The van der Waals surface area contributed by atoms with Crippen molar-refractivity contribution in [3.05, 3.63) is 23.8 Å². The summed E-state index contributed by atoms with van der Waals surface area (Å²) in [7, 11) is 4.14. The quantitative estimate of drug-likeness (QED) is 0.886. The molecule has 1 N–H and O–H groups in total. The molecule has 2 atom stereocenters. The van der Waals surface area contributed by atoms with Crippen LogP contribution in [0.4, 0.5) is 11.4 Å². The van der Waals surface area contributed by atoms with E-state index in [0.717, 1.165) is 13.2 Å². The van der Waals surface area contributed by atoms with Crippen LogP contribution in [0.2, 0.25) is 0 Å². The fourth-order valence-electron chi connectivity index (χ4n) is 2.40. The second-order valence-electron chi connectivity index (χ2n) is 5.45. The van der Waals surface area contributed by atoms with Crippen molar-refractivity contribution in [1.29, 1.82) is 0 Å². The Morgan fingerprint density at radius 1 is 1.39 bits per heavy atom. The Balaban J connectivity index is 2.04. The van der Waals surface area contributed by atoms with Gasteiger partial charge in [0.2, 0.25) is 0 Å². The lowest BCUT2D eigenvalue weighted by molar-refractivity contribution is 0.183. The highest BCUT2D eigenvalue weighted by Gasteiger charge is 2.22. The highest BCUT2D eigenvalue weighted by Crippen LogP contribution is 2.25. The Morgan fingerprint density at radius 3 is 2.72 bits per heavy atom. The summed E-state index contributed by atoms with van der Waals surface area (Å²) >= 11 is 0. The van der Waals surface area contributed by atoms with Gasteiger partial charge in [0.1, 0.15) is 0 Å². The van der Waals surface area contributed by atoms with Crippen molar-refractivity contribution in [1.82, 2.24) is 0 Å². The van der Waals surface area contributed by atoms with Crippen LogP contribution >= 0.6 is 0 Å². The maximum atomic E-state index is 5.45. The predicted molar refractivity (Wildman–Crippen MR) is 77.5 cm³/mol. The van der Waals surface area contributed by atoms with Crippen molar-refractivity contribution < 1.29 is 4.74 Å². The van der Waals surface area contributed by atoms with E-state index in [4.69, 9.17) is 4.74 Å². The minimum atomic E-state index is 0.469. The molecule has 100 valence electrons. The number of rotatable bonds is 4. The summed E-state index contributed by atoms with van der Waals surface area (Å²) in [5.41, 5.74) is 3.78. The van der Waals surface area contributed by atoms with Gasteiger partial charge in [-0.2, -0.15) is 0 Å². The molecule has 0 bridgehead atoms. The van der Waals surface area contributed by atoms with E-state index in [2.05, 4.69) is 56.4 Å². The van der Waals surface area contributed by atoms with Crippen molar-refractivity contribution in [3.63, 3.8) is 0 Å². The monoisotopic (exact) mass is 248 g/mol. The second kappa shape index (κ2) is 5.61. The van der Waals surface area contributed by atoms with Gasteiger partial charge in [-0.3, -0.25) is 0 Å². The molecule has 0 aliphatic carbocycles. The van der Waals surface area contributed by atoms with Crippen LogP contribution in [0.5, 0.6) is 0 Å². The van der Waals surface area contributed by atoms with E-state index in [0.29, 0.717) is 12.0 Å². The molecule has 2 unspecified atom stereocenters. The number of hydrogen-bond acceptors (Lipinski definition) is 3. The topological polar surface area (TPSA) is 24.5 Å². The largest absolute Gasteiger partial charge is 0.382 e. The smallest absolute Gasteiger partial charge is 0.0514 e. The highest BCUT2D eigenvalue weighted by molar-refractivity contribution is 5.60. The standard InChI is InChI=1S/C15H24N2O/c1-11-9-14(17(3)4)5-6-15(11)16-12(2)13-7-8-18-10-13/h5-6,9,12-13,16H,7-8,10H2,1-4H3. The molecule has 1 aliphatic heterocycles. The van der Waals surface area contributed by atoms with Gasteiger partial charge < -0.3 is 15.0 Å². The number of aryl methyl sites for hydroxylation is 1. The first-order valence-electron chi connectivity index (χ1n) is 6.70. The number of nitrogens with one attached hydrogen (secondary N) is 1. The fourth-order valence-corrected chi connectivity index (χ4v) is 2.40. The Kier molecular flexibility index (Phi) is 4.12. The first-order chi connectivity index (χ1) is 8.58. The number of hydrogen-bond donors (Lipinski definition) is 1. The first-order valence-corrected chi connectivity index (χ1v) is 6.70. The molecule has 1 aromatic rings. The van der Waals surface area contributed by atoms with Crippen LogP contribution in [0, 0.1) is 12.8 Å². The molecule has 18 heavy (non-hydrogen) atoms. The number of benzene rings is 1. The maximum absolute atomic E-state index is 5.45. The van der Waals surface area contributed by atoms with Gasteiger partial charge in [-0.25, -0.2) is 0 Å². The molecule has 0 saturated carbocycles. The molecule has 1 fully saturated rings. The van der Waals surface area contributed by atoms with Gasteiger partial charge in [0, 0.05) is 44.0 Å². The Hall–Kier alpha value is -1.22. The molecule has 1 aromatic carbocycles. The molecule has 2 rings (SSSR count). The molecule has 0 amide bonds. The molecular weight excluding hydrogens is 224 g/mol. The zero-order valence-corrected chi connectivity index (χ0v) is 11.9. The van der Waals surface area contributed by atoms with Crippen LogP contribution < -0.4 is 10.2 Å². The Morgan fingerprint density at radius 2 is 2.17 bits per heavy atom. The average Bonchev–Trinajstić information content (AvgIpc) is 2.85. The van der Waals surface area contributed by atoms with E-state index in [-0.39, 0.29) is 0 Å². The van der Waals surface area contributed by atoms with Crippen LogP contribution in [-0.2, 0) is 4.74 Å². The molecule has 1 saturated heterocycles. The van der Waals surface area contributed by atoms with Crippen LogP contribution in [-0.4, -0.2) is 33.4 Å². The summed E-state index contributed by atoms with van der Waals surface area (Å²) in [5, 5.41) is 3.62. The highest BCUT2D eigenvalue weighted by atomic mass is 16.5. The van der Waals surface area contributed by atoms with Crippen LogP contribution in [0.25, 0.3) is 0 Å². The van der Waals surface area contributed by atoms with E-state index in [1.54, 1.807) is 0 Å². The second-order valence-corrected chi connectivity index (χ2v) is 5.45. The summed E-state index contributed by atoms with van der Waals surface area (Å²) in [4.78, 5) is 2.13. The van der Waals surface area contributed by atoms with E-state index in [9.17, 15) is 0 Å². The maximum Gasteiger partial charge on any atom is 0.0514 e. The predicted octanol–water partition coefficient (Wildman–Crippen LogP) is 2.90. The SMILES string of the molecule is Cc1cc(N(C)C)ccc1NC(C)C1CCOC1. The lowest BCUT2D eigenvalue weighted by Gasteiger charge is -2.23. The summed E-state index contributed by atoms with van der Waals surface area (Å²) in [5.74, 6) is 0.637. The Bertz CT molecular complexity index is 397. The molecule has 1 heterocycles. The molecule has 3 nitrogen and oxygen atoms in total. The summed E-state index contributed by atoms with van der Waals surface area (Å²) in [6.07, 6.45) is 1.17. The fraction of sp³-hybridized carbons (Fsp3) is 0.600. The summed E-state index contributed by atoms with van der Waals surface area (Å²) in [6, 6.07) is 7.03. The lowest BCUT2D eigenvalue weighted by Crippen LogP contribution is -2.26. The summed E-state index contributed by atoms with van der Waals surface area (Å²) < 4.78 is 5.45. The van der Waals surface area contributed by atoms with Gasteiger partial charge in [-0.05, 0) is 44.0 Å². The van der Waals surface area contributed by atoms with E-state index < -0.39 is 0 Å². The van der Waals surface area contributed by atoms with Crippen molar-refractivity contribution in [2.45, 2.75) is 26.3 Å². The minimum Gasteiger partial charge on any atom is -0.382 e. The Labute approximate surface area is 110 Å². The zero-order chi connectivity index (χ0) is 13.1.